The first-order valence-electron chi connectivity index (χ1n) is 8.54. The number of hydrogen-bond donors (Lipinski definition) is 3. The molecule has 0 saturated carbocycles. The predicted molar refractivity (Wildman–Crippen MR) is 95.8 cm³/mol. The van der Waals surface area contributed by atoms with E-state index in [0.717, 1.165) is 18.7 Å². The maximum atomic E-state index is 12.4. The zero-order valence-corrected chi connectivity index (χ0v) is 15.5. The summed E-state index contributed by atoms with van der Waals surface area (Å²) in [6, 6.07) is 5.02. The van der Waals surface area contributed by atoms with E-state index in [1.54, 1.807) is 26.0 Å². The van der Waals surface area contributed by atoms with Crippen molar-refractivity contribution in [3.63, 3.8) is 0 Å². The van der Waals surface area contributed by atoms with Crippen molar-refractivity contribution in [2.45, 2.75) is 39.0 Å². The Bertz CT molecular complexity index is 600. The Morgan fingerprint density at radius 3 is 2.68 bits per heavy atom. The number of nitrogens with one attached hydrogen (secondary N) is 1. The summed E-state index contributed by atoms with van der Waals surface area (Å²) >= 11 is 0. The van der Waals surface area contributed by atoms with Gasteiger partial charge in [-0.3, -0.25) is 4.90 Å². The number of amides is 2. The molecule has 7 heteroatoms. The van der Waals surface area contributed by atoms with E-state index in [-0.39, 0.29) is 17.8 Å². The van der Waals surface area contributed by atoms with E-state index in [2.05, 4.69) is 10.2 Å². The first-order chi connectivity index (χ1) is 11.7. The van der Waals surface area contributed by atoms with Gasteiger partial charge in [0.05, 0.1) is 12.7 Å². The van der Waals surface area contributed by atoms with Crippen LogP contribution in [0.15, 0.2) is 18.2 Å². The molecule has 140 valence electrons. The molecule has 7 nitrogen and oxygen atoms in total. The fourth-order valence-corrected chi connectivity index (χ4v) is 3.15. The van der Waals surface area contributed by atoms with Gasteiger partial charge < -0.3 is 25.2 Å². The summed E-state index contributed by atoms with van der Waals surface area (Å²) in [6.45, 7) is 8.63. The molecular weight excluding hydrogens is 322 g/mol. The number of phenolic OH excluding ortho intramolecular Hbond substituents is 1. The number of piperazine rings is 1. The Morgan fingerprint density at radius 1 is 1.40 bits per heavy atom. The average Bonchev–Trinajstić information content (AvgIpc) is 2.51. The van der Waals surface area contributed by atoms with Crippen molar-refractivity contribution in [2.75, 3.05) is 33.3 Å². The molecule has 1 fully saturated rings. The Labute approximate surface area is 149 Å². The fraction of sp³-hybridized carbons (Fsp3) is 0.611. The third kappa shape index (κ3) is 5.51. The van der Waals surface area contributed by atoms with Gasteiger partial charge in [-0.1, -0.05) is 6.07 Å². The minimum Gasteiger partial charge on any atom is -0.504 e. The number of nitrogens with zero attached hydrogens (tertiary/aromatic N) is 2. The molecule has 0 radical (unpaired) electrons. The molecule has 1 unspecified atom stereocenters. The van der Waals surface area contributed by atoms with Gasteiger partial charge in [-0.2, -0.15) is 0 Å². The molecule has 1 aliphatic rings. The molecule has 1 heterocycles. The zero-order chi connectivity index (χ0) is 18.6. The normalized spacial score (nSPS) is 18.9. The molecule has 2 rings (SSSR count). The average molecular weight is 351 g/mol. The van der Waals surface area contributed by atoms with Gasteiger partial charge in [0.2, 0.25) is 0 Å². The standard InChI is InChI=1S/C18H29N3O4/c1-13-11-20(12-18(2,3)24)7-8-21(13)17(23)19-10-14-5-6-16(25-4)15(22)9-14/h5-6,9,13,22,24H,7-8,10-12H2,1-4H3,(H,19,23). The summed E-state index contributed by atoms with van der Waals surface area (Å²) in [5.41, 5.74) is 0.0699. The second-order valence-electron chi connectivity index (χ2n) is 7.25. The van der Waals surface area contributed by atoms with Crippen LogP contribution in [0, 0.1) is 0 Å². The predicted octanol–water partition coefficient (Wildman–Crippen LogP) is 1.39. The van der Waals surface area contributed by atoms with Gasteiger partial charge in [-0.05, 0) is 38.5 Å². The van der Waals surface area contributed by atoms with E-state index >= 15 is 0 Å². The lowest BCUT2D eigenvalue weighted by atomic mass is 10.1. The summed E-state index contributed by atoms with van der Waals surface area (Å²) < 4.78 is 5.01. The highest BCUT2D eigenvalue weighted by Gasteiger charge is 2.29. The van der Waals surface area contributed by atoms with Crippen LogP contribution in [0.4, 0.5) is 4.79 Å². The summed E-state index contributed by atoms with van der Waals surface area (Å²) in [4.78, 5) is 16.4. The number of carbonyl (C=O) groups is 1. The largest absolute Gasteiger partial charge is 0.504 e. The molecule has 1 aliphatic heterocycles. The first kappa shape index (κ1) is 19.3. The number of aliphatic hydroxyl groups is 1. The van der Waals surface area contributed by atoms with Crippen LogP contribution in [0.1, 0.15) is 26.3 Å². The first-order valence-corrected chi connectivity index (χ1v) is 8.54. The van der Waals surface area contributed by atoms with Gasteiger partial charge in [0.25, 0.3) is 0 Å². The second-order valence-corrected chi connectivity index (χ2v) is 7.25. The van der Waals surface area contributed by atoms with Crippen LogP contribution in [0.25, 0.3) is 0 Å². The number of rotatable bonds is 5. The number of methoxy groups -OCH3 is 1. The van der Waals surface area contributed by atoms with Crippen molar-refractivity contribution >= 4 is 6.03 Å². The number of benzene rings is 1. The van der Waals surface area contributed by atoms with Crippen LogP contribution in [0.3, 0.4) is 0 Å². The van der Waals surface area contributed by atoms with E-state index in [4.69, 9.17) is 4.74 Å². The molecule has 1 aromatic carbocycles. The van der Waals surface area contributed by atoms with Crippen LogP contribution in [0.2, 0.25) is 0 Å². The van der Waals surface area contributed by atoms with Gasteiger partial charge in [0.15, 0.2) is 11.5 Å². The Hall–Kier alpha value is -1.99. The molecule has 1 atom stereocenters. The lowest BCUT2D eigenvalue weighted by Gasteiger charge is -2.41. The van der Waals surface area contributed by atoms with Gasteiger partial charge >= 0.3 is 6.03 Å². The molecule has 25 heavy (non-hydrogen) atoms. The minimum atomic E-state index is -0.736. The van der Waals surface area contributed by atoms with Crippen LogP contribution in [-0.2, 0) is 6.54 Å². The highest BCUT2D eigenvalue weighted by atomic mass is 16.5. The molecule has 0 aliphatic carbocycles. The number of aromatic hydroxyl groups is 1. The second kappa shape index (κ2) is 7.93. The van der Waals surface area contributed by atoms with Crippen molar-refractivity contribution in [3.8, 4) is 11.5 Å². The third-order valence-electron chi connectivity index (χ3n) is 4.27. The Kier molecular flexibility index (Phi) is 6.13. The molecule has 1 aromatic rings. The van der Waals surface area contributed by atoms with Crippen molar-refractivity contribution in [3.05, 3.63) is 23.8 Å². The number of ether oxygens (including phenoxy) is 1. The van der Waals surface area contributed by atoms with Crippen LogP contribution in [-0.4, -0.2) is 71.0 Å². The van der Waals surface area contributed by atoms with Gasteiger partial charge in [-0.25, -0.2) is 4.79 Å². The lowest BCUT2D eigenvalue weighted by molar-refractivity contribution is 0.0119. The number of phenols is 1. The van der Waals surface area contributed by atoms with E-state index in [0.29, 0.717) is 25.4 Å². The van der Waals surface area contributed by atoms with Crippen molar-refractivity contribution in [2.24, 2.45) is 0 Å². The quantitative estimate of drug-likeness (QED) is 0.746. The summed E-state index contributed by atoms with van der Waals surface area (Å²) in [5.74, 6) is 0.467. The molecule has 0 spiro atoms. The van der Waals surface area contributed by atoms with E-state index in [1.807, 2.05) is 17.9 Å². The third-order valence-corrected chi connectivity index (χ3v) is 4.27. The highest BCUT2D eigenvalue weighted by Crippen LogP contribution is 2.26. The Morgan fingerprint density at radius 2 is 2.12 bits per heavy atom. The minimum absolute atomic E-state index is 0.0582. The monoisotopic (exact) mass is 351 g/mol. The topological polar surface area (TPSA) is 85.3 Å². The van der Waals surface area contributed by atoms with Crippen LogP contribution >= 0.6 is 0 Å². The molecule has 0 bridgehead atoms. The molecule has 3 N–H and O–H groups in total. The van der Waals surface area contributed by atoms with E-state index < -0.39 is 5.60 Å². The highest BCUT2D eigenvalue weighted by molar-refractivity contribution is 5.74. The number of β-amino-alcohol motifs (C(OH)–C–C–N with tert-alkyl or cyclic N) is 1. The summed E-state index contributed by atoms with van der Waals surface area (Å²) in [6.07, 6.45) is 0. The van der Waals surface area contributed by atoms with Crippen molar-refractivity contribution in [1.29, 1.82) is 0 Å². The maximum absolute atomic E-state index is 12.4. The van der Waals surface area contributed by atoms with Crippen LogP contribution in [0.5, 0.6) is 11.5 Å². The smallest absolute Gasteiger partial charge is 0.317 e. The molecule has 1 saturated heterocycles. The summed E-state index contributed by atoms with van der Waals surface area (Å²) in [7, 11) is 1.50. The van der Waals surface area contributed by atoms with Gasteiger partial charge in [-0.15, -0.1) is 0 Å². The van der Waals surface area contributed by atoms with E-state index in [9.17, 15) is 15.0 Å². The fourth-order valence-electron chi connectivity index (χ4n) is 3.15. The molecule has 2 amide bonds. The zero-order valence-electron chi connectivity index (χ0n) is 15.5. The van der Waals surface area contributed by atoms with Crippen molar-refractivity contribution < 1.29 is 19.7 Å². The van der Waals surface area contributed by atoms with Gasteiger partial charge in [0.1, 0.15) is 0 Å². The summed E-state index contributed by atoms with van der Waals surface area (Å²) in [5, 5.41) is 22.6. The lowest BCUT2D eigenvalue weighted by Crippen LogP contribution is -2.58. The van der Waals surface area contributed by atoms with E-state index in [1.165, 1.54) is 7.11 Å². The Balaban J connectivity index is 1.86. The molecular formula is C18H29N3O4. The molecule has 0 aromatic heterocycles. The maximum Gasteiger partial charge on any atom is 0.317 e. The number of urea groups is 1. The van der Waals surface area contributed by atoms with Crippen LogP contribution < -0.4 is 10.1 Å². The van der Waals surface area contributed by atoms with Crippen molar-refractivity contribution in [1.82, 2.24) is 15.1 Å². The van der Waals surface area contributed by atoms with Gasteiger partial charge in [0, 0.05) is 38.8 Å². The number of hydrogen-bond acceptors (Lipinski definition) is 5. The SMILES string of the molecule is COc1ccc(CNC(=O)N2CCN(CC(C)(C)O)CC2C)cc1O. The number of carbonyl (C=O) groups excluding carboxylic acids is 1.